The molecule has 1 saturated heterocycles. The first-order chi connectivity index (χ1) is 10.1. The Morgan fingerprint density at radius 1 is 1.43 bits per heavy atom. The molecule has 1 aromatic carbocycles. The molecule has 1 aromatic rings. The number of hydrogen-bond acceptors (Lipinski definition) is 3. The molecule has 4 heteroatoms. The van der Waals surface area contributed by atoms with Gasteiger partial charge < -0.3 is 10.6 Å². The number of amides is 1. The second kappa shape index (κ2) is 7.14. The monoisotopic (exact) mass is 285 g/mol. The maximum Gasteiger partial charge on any atom is 0.221 e. The van der Waals surface area contributed by atoms with Crippen LogP contribution in [0.5, 0.6) is 0 Å². The molecule has 21 heavy (non-hydrogen) atoms. The number of terminal acetylenes is 1. The van der Waals surface area contributed by atoms with Gasteiger partial charge in [-0.3, -0.25) is 9.69 Å². The summed E-state index contributed by atoms with van der Waals surface area (Å²) in [5, 5.41) is 6.41. The van der Waals surface area contributed by atoms with Crippen LogP contribution in [0.4, 0.5) is 11.4 Å². The number of hydrogen-bond donors (Lipinski definition) is 2. The molecule has 0 aliphatic carbocycles. The topological polar surface area (TPSA) is 44.4 Å². The Balaban J connectivity index is 1.91. The Kier molecular flexibility index (Phi) is 5.24. The van der Waals surface area contributed by atoms with Crippen LogP contribution in [0.1, 0.15) is 25.3 Å². The average Bonchev–Trinajstić information content (AvgIpc) is 2.44. The number of benzene rings is 1. The number of carbonyl (C=O) groups is 1. The summed E-state index contributed by atoms with van der Waals surface area (Å²) < 4.78 is 0. The normalized spacial score (nSPS) is 16.2. The van der Waals surface area contributed by atoms with Gasteiger partial charge in [-0.05, 0) is 43.5 Å². The quantitative estimate of drug-likeness (QED) is 0.835. The number of rotatable bonds is 4. The predicted molar refractivity (Wildman–Crippen MR) is 87.4 cm³/mol. The van der Waals surface area contributed by atoms with E-state index >= 15 is 0 Å². The summed E-state index contributed by atoms with van der Waals surface area (Å²) >= 11 is 0. The lowest BCUT2D eigenvalue weighted by Crippen LogP contribution is -2.39. The Labute approximate surface area is 126 Å². The van der Waals surface area contributed by atoms with Crippen molar-refractivity contribution in [2.24, 2.45) is 0 Å². The van der Waals surface area contributed by atoms with Gasteiger partial charge in [-0.15, -0.1) is 6.42 Å². The molecule has 112 valence electrons. The van der Waals surface area contributed by atoms with E-state index in [-0.39, 0.29) is 5.91 Å². The van der Waals surface area contributed by atoms with Gasteiger partial charge >= 0.3 is 0 Å². The molecule has 1 aliphatic rings. The molecule has 4 nitrogen and oxygen atoms in total. The third kappa shape index (κ3) is 4.51. The van der Waals surface area contributed by atoms with E-state index in [1.54, 1.807) is 0 Å². The molecular formula is C17H23N3O. The van der Waals surface area contributed by atoms with E-state index in [0.717, 1.165) is 49.4 Å². The summed E-state index contributed by atoms with van der Waals surface area (Å²) in [5.74, 6) is 2.66. The molecule has 1 amide bonds. The highest BCUT2D eigenvalue weighted by molar-refractivity contribution is 5.89. The van der Waals surface area contributed by atoms with E-state index in [4.69, 9.17) is 6.42 Å². The minimum Gasteiger partial charge on any atom is -0.382 e. The van der Waals surface area contributed by atoms with E-state index < -0.39 is 0 Å². The maximum absolute atomic E-state index is 11.1. The smallest absolute Gasteiger partial charge is 0.221 e. The van der Waals surface area contributed by atoms with Crippen LogP contribution in [0.2, 0.25) is 0 Å². The van der Waals surface area contributed by atoms with Crippen LogP contribution in [0.25, 0.3) is 0 Å². The first-order valence-corrected chi connectivity index (χ1v) is 7.39. The van der Waals surface area contributed by atoms with Gasteiger partial charge in [0.15, 0.2) is 0 Å². The Morgan fingerprint density at radius 2 is 2.14 bits per heavy atom. The lowest BCUT2D eigenvalue weighted by Gasteiger charge is -2.31. The molecule has 0 bridgehead atoms. The van der Waals surface area contributed by atoms with Crippen molar-refractivity contribution in [3.05, 3.63) is 23.8 Å². The van der Waals surface area contributed by atoms with Crippen LogP contribution in [0.3, 0.4) is 0 Å². The van der Waals surface area contributed by atoms with E-state index in [2.05, 4.69) is 27.5 Å². The Bertz CT molecular complexity index is 539. The lowest BCUT2D eigenvalue weighted by atomic mass is 10.0. The van der Waals surface area contributed by atoms with Crippen LogP contribution in [-0.4, -0.2) is 36.5 Å². The number of anilines is 2. The van der Waals surface area contributed by atoms with Gasteiger partial charge in [0.1, 0.15) is 0 Å². The molecule has 1 heterocycles. The van der Waals surface area contributed by atoms with Crippen LogP contribution in [0, 0.1) is 19.3 Å². The standard InChI is InChI=1S/C17H23N3O/c1-4-9-20-10-7-15(8-11-20)19-16-5-6-17(13(2)12-16)18-14(3)21/h1,5-6,12,15,19H,7-11H2,2-3H3,(H,18,21). The van der Waals surface area contributed by atoms with Crippen molar-refractivity contribution in [3.63, 3.8) is 0 Å². The summed E-state index contributed by atoms with van der Waals surface area (Å²) in [6.07, 6.45) is 7.56. The van der Waals surface area contributed by atoms with Gasteiger partial charge in [0.05, 0.1) is 6.54 Å². The molecular weight excluding hydrogens is 262 g/mol. The molecule has 0 spiro atoms. The number of nitrogens with zero attached hydrogens (tertiary/aromatic N) is 1. The second-order valence-electron chi connectivity index (χ2n) is 5.61. The van der Waals surface area contributed by atoms with E-state index in [9.17, 15) is 4.79 Å². The molecule has 2 rings (SSSR count). The Hall–Kier alpha value is -1.99. The summed E-state index contributed by atoms with van der Waals surface area (Å²) in [5.41, 5.74) is 3.05. The van der Waals surface area contributed by atoms with Crippen LogP contribution >= 0.6 is 0 Å². The van der Waals surface area contributed by atoms with Gasteiger partial charge in [-0.2, -0.15) is 0 Å². The van der Waals surface area contributed by atoms with E-state index in [1.165, 1.54) is 6.92 Å². The lowest BCUT2D eigenvalue weighted by molar-refractivity contribution is -0.114. The molecule has 1 aliphatic heterocycles. The second-order valence-corrected chi connectivity index (χ2v) is 5.61. The number of likely N-dealkylation sites (tertiary alicyclic amines) is 1. The predicted octanol–water partition coefficient (Wildman–Crippen LogP) is 2.46. The maximum atomic E-state index is 11.1. The van der Waals surface area contributed by atoms with Crippen molar-refractivity contribution >= 4 is 17.3 Å². The third-order valence-electron chi connectivity index (χ3n) is 3.81. The fourth-order valence-electron chi connectivity index (χ4n) is 2.68. The highest BCUT2D eigenvalue weighted by atomic mass is 16.1. The summed E-state index contributed by atoms with van der Waals surface area (Å²) in [6, 6.07) is 6.54. The summed E-state index contributed by atoms with van der Waals surface area (Å²) in [4.78, 5) is 13.4. The molecule has 0 unspecified atom stereocenters. The summed E-state index contributed by atoms with van der Waals surface area (Å²) in [6.45, 7) is 6.37. The third-order valence-corrected chi connectivity index (χ3v) is 3.81. The van der Waals surface area contributed by atoms with Crippen molar-refractivity contribution in [2.45, 2.75) is 32.7 Å². The van der Waals surface area contributed by atoms with Gasteiger partial charge in [0, 0.05) is 37.4 Å². The highest BCUT2D eigenvalue weighted by Gasteiger charge is 2.18. The minimum absolute atomic E-state index is 0.0419. The zero-order chi connectivity index (χ0) is 15.2. The van der Waals surface area contributed by atoms with Gasteiger partial charge in [-0.25, -0.2) is 0 Å². The minimum atomic E-state index is -0.0419. The fraction of sp³-hybridized carbons (Fsp3) is 0.471. The number of nitrogens with one attached hydrogen (secondary N) is 2. The molecule has 2 N–H and O–H groups in total. The molecule has 0 saturated carbocycles. The van der Waals surface area contributed by atoms with Crippen molar-refractivity contribution < 1.29 is 4.79 Å². The zero-order valence-electron chi connectivity index (χ0n) is 12.8. The molecule has 0 radical (unpaired) electrons. The number of carbonyl (C=O) groups excluding carboxylic acids is 1. The van der Waals surface area contributed by atoms with Crippen molar-refractivity contribution in [1.29, 1.82) is 0 Å². The summed E-state index contributed by atoms with van der Waals surface area (Å²) in [7, 11) is 0. The molecule has 0 aromatic heterocycles. The van der Waals surface area contributed by atoms with Crippen LogP contribution < -0.4 is 10.6 Å². The number of piperidine rings is 1. The average molecular weight is 285 g/mol. The SMILES string of the molecule is C#CCN1CCC(Nc2ccc(NC(C)=O)c(C)c2)CC1. The Morgan fingerprint density at radius 3 is 2.71 bits per heavy atom. The first-order valence-electron chi connectivity index (χ1n) is 7.39. The van der Waals surface area contributed by atoms with Crippen molar-refractivity contribution in [2.75, 3.05) is 30.3 Å². The van der Waals surface area contributed by atoms with Gasteiger partial charge in [0.2, 0.25) is 5.91 Å². The zero-order valence-corrected chi connectivity index (χ0v) is 12.8. The highest BCUT2D eigenvalue weighted by Crippen LogP contribution is 2.22. The molecule has 0 atom stereocenters. The van der Waals surface area contributed by atoms with Crippen LogP contribution in [0.15, 0.2) is 18.2 Å². The van der Waals surface area contributed by atoms with Gasteiger partial charge in [0.25, 0.3) is 0 Å². The fourth-order valence-corrected chi connectivity index (χ4v) is 2.68. The first kappa shape index (κ1) is 15.4. The van der Waals surface area contributed by atoms with E-state index in [0.29, 0.717) is 6.04 Å². The molecule has 1 fully saturated rings. The van der Waals surface area contributed by atoms with E-state index in [1.807, 2.05) is 19.1 Å². The van der Waals surface area contributed by atoms with Crippen molar-refractivity contribution in [3.8, 4) is 12.3 Å². The van der Waals surface area contributed by atoms with Crippen LogP contribution in [-0.2, 0) is 4.79 Å². The van der Waals surface area contributed by atoms with Crippen molar-refractivity contribution in [1.82, 2.24) is 4.90 Å². The largest absolute Gasteiger partial charge is 0.382 e. The van der Waals surface area contributed by atoms with Gasteiger partial charge in [-0.1, -0.05) is 5.92 Å². The number of aryl methyl sites for hydroxylation is 1.